The van der Waals surface area contributed by atoms with Crippen LogP contribution in [-0.2, 0) is 16.0 Å². The van der Waals surface area contributed by atoms with Gasteiger partial charge in [-0.25, -0.2) is 9.69 Å². The molecule has 1 fully saturated rings. The number of nitrogens with one attached hydrogen (secondary N) is 2. The van der Waals surface area contributed by atoms with Crippen LogP contribution in [0.25, 0.3) is 0 Å². The third-order valence-corrected chi connectivity index (χ3v) is 4.31. The van der Waals surface area contributed by atoms with Gasteiger partial charge in [-0.05, 0) is 29.8 Å². The minimum atomic E-state index is -5.27. The zero-order chi connectivity index (χ0) is 21.2. The molecule has 0 aromatic heterocycles. The van der Waals surface area contributed by atoms with Crippen molar-refractivity contribution in [1.82, 2.24) is 10.6 Å². The maximum atomic E-state index is 13.8. The van der Waals surface area contributed by atoms with Crippen LogP contribution in [0.4, 0.5) is 23.7 Å². The lowest BCUT2D eigenvalue weighted by Gasteiger charge is -2.29. The highest BCUT2D eigenvalue weighted by molar-refractivity contribution is 6.24. The van der Waals surface area contributed by atoms with Crippen LogP contribution in [0.15, 0.2) is 54.6 Å². The quantitative estimate of drug-likeness (QED) is 0.745. The van der Waals surface area contributed by atoms with Crippen molar-refractivity contribution in [3.05, 3.63) is 60.2 Å². The Hall–Kier alpha value is -3.56. The first-order chi connectivity index (χ1) is 13.7. The summed E-state index contributed by atoms with van der Waals surface area (Å²) in [4.78, 5) is 37.5. The number of urea groups is 1. The minimum Gasteiger partial charge on any atom is -0.497 e. The maximum Gasteiger partial charge on any atom is 0.440 e. The molecule has 1 aliphatic rings. The molecule has 1 aliphatic heterocycles. The van der Waals surface area contributed by atoms with Crippen LogP contribution in [0.1, 0.15) is 5.56 Å². The Morgan fingerprint density at radius 2 is 1.72 bits per heavy atom. The van der Waals surface area contributed by atoms with Crippen LogP contribution in [0.5, 0.6) is 5.75 Å². The second-order valence-electron chi connectivity index (χ2n) is 6.23. The van der Waals surface area contributed by atoms with Crippen molar-refractivity contribution < 1.29 is 32.3 Å². The van der Waals surface area contributed by atoms with Crippen LogP contribution in [0, 0.1) is 0 Å². The van der Waals surface area contributed by atoms with Crippen molar-refractivity contribution in [2.75, 3.05) is 12.0 Å². The molecule has 29 heavy (non-hydrogen) atoms. The summed E-state index contributed by atoms with van der Waals surface area (Å²) in [6.07, 6.45) is -5.67. The normalized spacial score (nSPS) is 19.1. The van der Waals surface area contributed by atoms with Gasteiger partial charge in [0.1, 0.15) is 5.75 Å². The van der Waals surface area contributed by atoms with Crippen molar-refractivity contribution in [2.24, 2.45) is 0 Å². The first-order valence-corrected chi connectivity index (χ1v) is 8.40. The summed E-state index contributed by atoms with van der Waals surface area (Å²) in [5.41, 5.74) is -3.21. The maximum absolute atomic E-state index is 13.8. The van der Waals surface area contributed by atoms with Gasteiger partial charge >= 0.3 is 12.2 Å². The van der Waals surface area contributed by atoms with E-state index in [0.717, 1.165) is 0 Å². The van der Waals surface area contributed by atoms with E-state index in [0.29, 0.717) is 16.2 Å². The molecule has 0 bridgehead atoms. The van der Waals surface area contributed by atoms with Gasteiger partial charge in [0.2, 0.25) is 5.91 Å². The molecule has 1 unspecified atom stereocenters. The molecule has 0 aliphatic carbocycles. The van der Waals surface area contributed by atoms with E-state index in [1.54, 1.807) is 41.0 Å². The Labute approximate surface area is 163 Å². The fraction of sp³-hybridized carbons (Fsp3) is 0.211. The minimum absolute atomic E-state index is 0.100. The molecule has 0 saturated carbocycles. The summed E-state index contributed by atoms with van der Waals surface area (Å²) in [6.45, 7) is 0. The standard InChI is InChI=1S/C19H16F3N3O4/c1-29-14-9-7-13(8-10-14)25-16(27)18(19(20,21)22,24-17(25)28)23-15(26)11-12-5-3-2-4-6-12/h2-10H,11H2,1H3,(H,23,26)(H,24,28). The highest BCUT2D eigenvalue weighted by atomic mass is 19.4. The molecule has 2 N–H and O–H groups in total. The van der Waals surface area contributed by atoms with Gasteiger partial charge in [-0.15, -0.1) is 0 Å². The number of imide groups is 1. The van der Waals surface area contributed by atoms with Gasteiger partial charge in [0, 0.05) is 0 Å². The van der Waals surface area contributed by atoms with E-state index in [4.69, 9.17) is 4.74 Å². The third kappa shape index (κ3) is 3.73. The van der Waals surface area contributed by atoms with Gasteiger partial charge in [0.25, 0.3) is 11.6 Å². The number of hydrogen-bond donors (Lipinski definition) is 2. The molecule has 2 aromatic carbocycles. The van der Waals surface area contributed by atoms with E-state index in [2.05, 4.69) is 0 Å². The summed E-state index contributed by atoms with van der Waals surface area (Å²) in [6, 6.07) is 12.0. The highest BCUT2D eigenvalue weighted by Crippen LogP contribution is 2.36. The molecule has 7 nitrogen and oxygen atoms in total. The first-order valence-electron chi connectivity index (χ1n) is 8.40. The number of carbonyl (C=O) groups is 3. The SMILES string of the molecule is COc1ccc(N2C(=O)NC(NC(=O)Cc3ccccc3)(C(F)(F)F)C2=O)cc1. The largest absolute Gasteiger partial charge is 0.497 e. The van der Waals surface area contributed by atoms with Crippen molar-refractivity contribution in [2.45, 2.75) is 18.3 Å². The fourth-order valence-electron chi connectivity index (χ4n) is 2.88. The number of amides is 4. The molecule has 1 atom stereocenters. The third-order valence-electron chi connectivity index (χ3n) is 4.31. The topological polar surface area (TPSA) is 87.7 Å². The van der Waals surface area contributed by atoms with Crippen LogP contribution in [-0.4, -0.2) is 36.8 Å². The lowest BCUT2D eigenvalue weighted by Crippen LogP contribution is -2.69. The molecule has 10 heteroatoms. The van der Waals surface area contributed by atoms with Crippen molar-refractivity contribution in [3.8, 4) is 5.75 Å². The van der Waals surface area contributed by atoms with Gasteiger partial charge in [-0.1, -0.05) is 30.3 Å². The van der Waals surface area contributed by atoms with E-state index >= 15 is 0 Å². The Morgan fingerprint density at radius 1 is 1.10 bits per heavy atom. The summed E-state index contributed by atoms with van der Waals surface area (Å²) in [5, 5.41) is 3.27. The van der Waals surface area contributed by atoms with Crippen LogP contribution in [0.3, 0.4) is 0 Å². The highest BCUT2D eigenvalue weighted by Gasteiger charge is 2.69. The van der Waals surface area contributed by atoms with E-state index in [9.17, 15) is 27.6 Å². The van der Waals surface area contributed by atoms with E-state index < -0.39 is 36.1 Å². The number of halogens is 3. The Morgan fingerprint density at radius 3 is 2.28 bits per heavy atom. The van der Waals surface area contributed by atoms with Gasteiger partial charge in [0.05, 0.1) is 19.2 Å². The van der Waals surface area contributed by atoms with Crippen LogP contribution in [0.2, 0.25) is 0 Å². The predicted octanol–water partition coefficient (Wildman–Crippen LogP) is 2.37. The monoisotopic (exact) mass is 407 g/mol. The number of ether oxygens (including phenoxy) is 1. The number of alkyl halides is 3. The lowest BCUT2D eigenvalue weighted by molar-refractivity contribution is -0.201. The lowest BCUT2D eigenvalue weighted by atomic mass is 10.1. The number of methoxy groups -OCH3 is 1. The predicted molar refractivity (Wildman–Crippen MR) is 96.1 cm³/mol. The molecular weight excluding hydrogens is 391 g/mol. The first kappa shape index (κ1) is 20.2. The Balaban J connectivity index is 1.90. The van der Waals surface area contributed by atoms with Crippen LogP contribution >= 0.6 is 0 Å². The summed E-state index contributed by atoms with van der Waals surface area (Å²) in [7, 11) is 1.39. The van der Waals surface area contributed by atoms with Gasteiger partial charge in [-0.3, -0.25) is 14.9 Å². The smallest absolute Gasteiger partial charge is 0.440 e. The molecule has 0 spiro atoms. The number of hydrogen-bond acceptors (Lipinski definition) is 4. The van der Waals surface area contributed by atoms with Crippen LogP contribution < -0.4 is 20.3 Å². The zero-order valence-corrected chi connectivity index (χ0v) is 15.1. The summed E-state index contributed by atoms with van der Waals surface area (Å²) in [5.74, 6) is -2.33. The van der Waals surface area contributed by atoms with Gasteiger partial charge in [0.15, 0.2) is 0 Å². The molecule has 0 radical (unpaired) electrons. The zero-order valence-electron chi connectivity index (χ0n) is 15.1. The van der Waals surface area contributed by atoms with Gasteiger partial charge in [-0.2, -0.15) is 13.2 Å². The molecular formula is C19H16F3N3O4. The van der Waals surface area contributed by atoms with Crippen molar-refractivity contribution >= 4 is 23.5 Å². The number of nitrogens with zero attached hydrogens (tertiary/aromatic N) is 1. The summed E-state index contributed by atoms with van der Waals surface area (Å²) >= 11 is 0. The van der Waals surface area contributed by atoms with E-state index in [1.807, 2.05) is 0 Å². The van der Waals surface area contributed by atoms with E-state index in [-0.39, 0.29) is 5.69 Å². The number of benzene rings is 2. The molecule has 152 valence electrons. The average Bonchev–Trinajstić information content (AvgIpc) is 2.93. The molecule has 4 amide bonds. The summed E-state index contributed by atoms with van der Waals surface area (Å²) < 4.78 is 46.5. The average molecular weight is 407 g/mol. The van der Waals surface area contributed by atoms with Gasteiger partial charge < -0.3 is 10.1 Å². The van der Waals surface area contributed by atoms with E-state index in [1.165, 1.54) is 31.4 Å². The fourth-order valence-corrected chi connectivity index (χ4v) is 2.88. The molecule has 2 aromatic rings. The molecule has 3 rings (SSSR count). The van der Waals surface area contributed by atoms with Crippen molar-refractivity contribution in [1.29, 1.82) is 0 Å². The molecule has 1 heterocycles. The second-order valence-corrected chi connectivity index (χ2v) is 6.23. The second kappa shape index (κ2) is 7.46. The number of rotatable bonds is 5. The Kier molecular flexibility index (Phi) is 5.19. The Bertz CT molecular complexity index is 932. The van der Waals surface area contributed by atoms with Crippen molar-refractivity contribution in [3.63, 3.8) is 0 Å². The number of carbonyl (C=O) groups excluding carboxylic acids is 3. The number of anilines is 1. The molecule has 1 saturated heterocycles.